The highest BCUT2D eigenvalue weighted by Gasteiger charge is 2.30. The first-order chi connectivity index (χ1) is 13.8. The number of imidazole rings is 1. The number of nitrogens with zero attached hydrogens (tertiary/aromatic N) is 4. The first-order valence-electron chi connectivity index (χ1n) is 9.35. The van der Waals surface area contributed by atoms with Crippen molar-refractivity contribution in [2.45, 2.75) is 12.7 Å². The van der Waals surface area contributed by atoms with Gasteiger partial charge in [0.15, 0.2) is 0 Å². The Balaban J connectivity index is 1.36. The largest absolute Gasteiger partial charge is 0.416 e. The lowest BCUT2D eigenvalue weighted by Gasteiger charge is -2.36. The van der Waals surface area contributed by atoms with Crippen LogP contribution in [0.3, 0.4) is 0 Å². The van der Waals surface area contributed by atoms with Crippen molar-refractivity contribution in [3.8, 4) is 0 Å². The number of hydrogen-bond donors (Lipinski definition) is 0. The first kappa shape index (κ1) is 19.8. The summed E-state index contributed by atoms with van der Waals surface area (Å²) in [5.41, 5.74) is 1.39. The standard InChI is InChI=1S/C20H20ClF3N4O/c21-28-18-4-2-1-3-17(18)27(19(28)29)14-11-25-9-12-26(13-10-25)16-7-5-15(6-8-16)20(22,23)24/h1-8H,9-14H2. The Morgan fingerprint density at radius 2 is 1.48 bits per heavy atom. The molecule has 0 amide bonds. The number of rotatable bonds is 4. The predicted octanol–water partition coefficient (Wildman–Crippen LogP) is 3.65. The molecule has 0 saturated carbocycles. The molecule has 2 heterocycles. The van der Waals surface area contributed by atoms with E-state index in [9.17, 15) is 18.0 Å². The lowest BCUT2D eigenvalue weighted by atomic mass is 10.1. The molecular weight excluding hydrogens is 405 g/mol. The number of fused-ring (bicyclic) bond motifs is 1. The summed E-state index contributed by atoms with van der Waals surface area (Å²) in [7, 11) is 0. The third-order valence-corrected chi connectivity index (χ3v) is 5.68. The summed E-state index contributed by atoms with van der Waals surface area (Å²) in [5.74, 6) is 0. The van der Waals surface area contributed by atoms with Crippen LogP contribution in [0.5, 0.6) is 0 Å². The smallest absolute Gasteiger partial charge is 0.369 e. The summed E-state index contributed by atoms with van der Waals surface area (Å²) in [6.45, 7) is 4.21. The van der Waals surface area contributed by atoms with E-state index in [4.69, 9.17) is 11.8 Å². The normalized spacial score (nSPS) is 15.9. The zero-order valence-electron chi connectivity index (χ0n) is 15.6. The number of benzene rings is 2. The van der Waals surface area contributed by atoms with E-state index in [1.807, 2.05) is 24.3 Å². The van der Waals surface area contributed by atoms with E-state index in [0.717, 1.165) is 53.6 Å². The van der Waals surface area contributed by atoms with E-state index in [2.05, 4.69) is 9.80 Å². The van der Waals surface area contributed by atoms with Crippen LogP contribution < -0.4 is 10.6 Å². The fourth-order valence-electron chi connectivity index (χ4n) is 3.72. The van der Waals surface area contributed by atoms with E-state index >= 15 is 0 Å². The van der Waals surface area contributed by atoms with Gasteiger partial charge >= 0.3 is 11.9 Å². The van der Waals surface area contributed by atoms with Crippen LogP contribution >= 0.6 is 11.8 Å². The molecule has 0 atom stereocenters. The van der Waals surface area contributed by atoms with Gasteiger partial charge in [0.1, 0.15) is 0 Å². The Kier molecular flexibility index (Phi) is 5.31. The molecule has 1 aromatic heterocycles. The molecule has 5 nitrogen and oxygen atoms in total. The van der Waals surface area contributed by atoms with Crippen LogP contribution in [0.4, 0.5) is 18.9 Å². The monoisotopic (exact) mass is 424 g/mol. The van der Waals surface area contributed by atoms with Gasteiger partial charge in [0.25, 0.3) is 0 Å². The quantitative estimate of drug-likeness (QED) is 0.641. The van der Waals surface area contributed by atoms with Gasteiger partial charge in [0, 0.05) is 56.7 Å². The van der Waals surface area contributed by atoms with Crippen LogP contribution in [0.25, 0.3) is 11.0 Å². The molecule has 1 fully saturated rings. The van der Waals surface area contributed by atoms with Crippen molar-refractivity contribution >= 4 is 28.5 Å². The third kappa shape index (κ3) is 4.00. The maximum Gasteiger partial charge on any atom is 0.416 e. The van der Waals surface area contributed by atoms with Crippen LogP contribution in [0, 0.1) is 0 Å². The van der Waals surface area contributed by atoms with Gasteiger partial charge in [-0.15, -0.1) is 0 Å². The maximum absolute atomic E-state index is 12.7. The summed E-state index contributed by atoms with van der Waals surface area (Å²) in [5, 5.41) is 0. The molecule has 0 radical (unpaired) electrons. The van der Waals surface area contributed by atoms with Crippen molar-refractivity contribution in [1.82, 2.24) is 13.6 Å². The number of hydrogen-bond acceptors (Lipinski definition) is 3. The molecule has 0 spiro atoms. The summed E-state index contributed by atoms with van der Waals surface area (Å²) in [6, 6.07) is 12.7. The second-order valence-electron chi connectivity index (χ2n) is 7.08. The molecule has 0 aliphatic carbocycles. The van der Waals surface area contributed by atoms with Crippen molar-refractivity contribution in [2.24, 2.45) is 0 Å². The Bertz CT molecular complexity index is 1050. The zero-order valence-corrected chi connectivity index (χ0v) is 16.3. The lowest BCUT2D eigenvalue weighted by molar-refractivity contribution is -0.137. The van der Waals surface area contributed by atoms with Gasteiger partial charge in [0.2, 0.25) is 0 Å². The van der Waals surface area contributed by atoms with Gasteiger partial charge in [-0.25, -0.2) is 8.88 Å². The zero-order chi connectivity index (χ0) is 20.6. The van der Waals surface area contributed by atoms with Crippen LogP contribution in [0.1, 0.15) is 5.56 Å². The minimum Gasteiger partial charge on any atom is -0.369 e. The van der Waals surface area contributed by atoms with E-state index in [1.165, 1.54) is 12.1 Å². The molecule has 9 heteroatoms. The summed E-state index contributed by atoms with van der Waals surface area (Å²) >= 11 is 6.09. The Morgan fingerprint density at radius 1 is 0.862 bits per heavy atom. The van der Waals surface area contributed by atoms with E-state index < -0.39 is 11.7 Å². The van der Waals surface area contributed by atoms with Crippen molar-refractivity contribution in [2.75, 3.05) is 37.6 Å². The molecule has 0 bridgehead atoms. The van der Waals surface area contributed by atoms with Gasteiger partial charge in [-0.3, -0.25) is 9.47 Å². The summed E-state index contributed by atoms with van der Waals surface area (Å²) < 4.78 is 40.9. The second-order valence-corrected chi connectivity index (χ2v) is 7.42. The molecule has 1 aliphatic heterocycles. The molecule has 2 aromatic carbocycles. The SMILES string of the molecule is O=c1n(Cl)c2ccccc2n1CCN1CCN(c2ccc(C(F)(F)F)cc2)CC1. The minimum atomic E-state index is -4.32. The summed E-state index contributed by atoms with van der Waals surface area (Å²) in [4.78, 5) is 16.7. The average molecular weight is 425 g/mol. The van der Waals surface area contributed by atoms with E-state index in [-0.39, 0.29) is 5.69 Å². The number of para-hydroxylation sites is 2. The van der Waals surface area contributed by atoms with Crippen LogP contribution in [0.15, 0.2) is 53.3 Å². The Labute approximate surface area is 170 Å². The molecule has 29 heavy (non-hydrogen) atoms. The Morgan fingerprint density at radius 3 is 2.10 bits per heavy atom. The highest BCUT2D eigenvalue weighted by molar-refractivity contribution is 6.18. The number of piperazine rings is 1. The third-order valence-electron chi connectivity index (χ3n) is 5.35. The van der Waals surface area contributed by atoms with Crippen LogP contribution in [0.2, 0.25) is 0 Å². The maximum atomic E-state index is 12.7. The van der Waals surface area contributed by atoms with Crippen molar-refractivity contribution < 1.29 is 13.2 Å². The van der Waals surface area contributed by atoms with Crippen molar-refractivity contribution in [3.05, 3.63) is 64.6 Å². The number of anilines is 1. The van der Waals surface area contributed by atoms with Crippen molar-refractivity contribution in [3.63, 3.8) is 0 Å². The molecule has 154 valence electrons. The summed E-state index contributed by atoms with van der Waals surface area (Å²) in [6.07, 6.45) is -4.32. The molecule has 1 saturated heterocycles. The minimum absolute atomic E-state index is 0.253. The fourth-order valence-corrected chi connectivity index (χ4v) is 3.95. The molecule has 4 rings (SSSR count). The molecular formula is C20H20ClF3N4O. The lowest BCUT2D eigenvalue weighted by Crippen LogP contribution is -2.47. The van der Waals surface area contributed by atoms with E-state index in [1.54, 1.807) is 4.57 Å². The molecule has 1 aliphatic rings. The molecule has 0 N–H and O–H groups in total. The topological polar surface area (TPSA) is 33.4 Å². The Hall–Kier alpha value is -2.45. The molecule has 3 aromatic rings. The van der Waals surface area contributed by atoms with Gasteiger partial charge in [0.05, 0.1) is 16.6 Å². The van der Waals surface area contributed by atoms with Gasteiger partial charge in [-0.05, 0) is 36.4 Å². The van der Waals surface area contributed by atoms with Crippen molar-refractivity contribution in [1.29, 1.82) is 0 Å². The fraction of sp³-hybridized carbons (Fsp3) is 0.350. The van der Waals surface area contributed by atoms with Gasteiger partial charge < -0.3 is 4.90 Å². The average Bonchev–Trinajstić information content (AvgIpc) is 2.97. The van der Waals surface area contributed by atoms with E-state index in [0.29, 0.717) is 18.6 Å². The highest BCUT2D eigenvalue weighted by atomic mass is 35.5. The molecule has 0 unspecified atom stereocenters. The highest BCUT2D eigenvalue weighted by Crippen LogP contribution is 2.30. The van der Waals surface area contributed by atoms with Gasteiger partial charge in [-0.2, -0.15) is 13.2 Å². The number of aromatic nitrogens is 2. The van der Waals surface area contributed by atoms with Gasteiger partial charge in [-0.1, -0.05) is 12.1 Å². The number of halogens is 4. The number of alkyl halides is 3. The van der Waals surface area contributed by atoms with Crippen LogP contribution in [-0.2, 0) is 12.7 Å². The first-order valence-corrected chi connectivity index (χ1v) is 9.69. The van der Waals surface area contributed by atoms with Crippen LogP contribution in [-0.4, -0.2) is 46.3 Å². The predicted molar refractivity (Wildman–Crippen MR) is 108 cm³/mol. The second kappa shape index (κ2) is 7.76.